The van der Waals surface area contributed by atoms with Crippen LogP contribution >= 0.6 is 0 Å². The van der Waals surface area contributed by atoms with E-state index in [9.17, 15) is 22.8 Å². The van der Waals surface area contributed by atoms with Gasteiger partial charge in [0.05, 0.1) is 24.0 Å². The first-order valence-electron chi connectivity index (χ1n) is 8.83. The van der Waals surface area contributed by atoms with Crippen LogP contribution < -0.4 is 15.5 Å². The lowest BCUT2D eigenvalue weighted by Crippen LogP contribution is -3.11. The molecule has 0 fully saturated rings. The fourth-order valence-electron chi connectivity index (χ4n) is 2.61. The summed E-state index contributed by atoms with van der Waals surface area (Å²) in [5, 5.41) is 9.17. The summed E-state index contributed by atoms with van der Waals surface area (Å²) in [6.45, 7) is 5.46. The van der Waals surface area contributed by atoms with Crippen LogP contribution in [0, 0.1) is 0 Å². The summed E-state index contributed by atoms with van der Waals surface area (Å²) in [5.41, 5.74) is -1.11. The molecule has 29 heavy (non-hydrogen) atoms. The summed E-state index contributed by atoms with van der Waals surface area (Å²) in [5.74, 6) is -0.767. The summed E-state index contributed by atoms with van der Waals surface area (Å²) >= 11 is 0. The number of nitrogens with zero attached hydrogens (tertiary/aromatic N) is 3. The zero-order valence-corrected chi connectivity index (χ0v) is 16.6. The second-order valence-corrected chi connectivity index (χ2v) is 7.73. The van der Waals surface area contributed by atoms with Gasteiger partial charge in [0.15, 0.2) is 13.1 Å². The summed E-state index contributed by atoms with van der Waals surface area (Å²) in [6, 6.07) is 2.96. The zero-order valence-electron chi connectivity index (χ0n) is 16.6. The Bertz CT molecular complexity index is 859. The Morgan fingerprint density at radius 2 is 1.79 bits per heavy atom. The lowest BCUT2D eigenvalue weighted by atomic mass is 10.1. The van der Waals surface area contributed by atoms with Crippen molar-refractivity contribution < 1.29 is 27.7 Å². The number of nitrogens with one attached hydrogen (secondary N) is 3. The SMILES string of the molecule is C[NH+](CC(=O)Nc1cc(C(F)(F)F)ccc1-n1cncn1)CC(=O)NC(C)(C)C. The van der Waals surface area contributed by atoms with Crippen molar-refractivity contribution in [2.24, 2.45) is 0 Å². The minimum absolute atomic E-state index is 0.0449. The lowest BCUT2D eigenvalue weighted by molar-refractivity contribution is -0.862. The van der Waals surface area contributed by atoms with E-state index in [0.717, 1.165) is 12.1 Å². The molecule has 0 saturated heterocycles. The number of halogens is 3. The Labute approximate surface area is 166 Å². The molecule has 0 aliphatic carbocycles. The van der Waals surface area contributed by atoms with Gasteiger partial charge in [-0.1, -0.05) is 0 Å². The topological polar surface area (TPSA) is 93.3 Å². The van der Waals surface area contributed by atoms with Crippen LogP contribution in [0.5, 0.6) is 0 Å². The number of aromatic nitrogens is 3. The predicted molar refractivity (Wildman–Crippen MR) is 99.5 cm³/mol. The minimum atomic E-state index is -4.56. The molecule has 158 valence electrons. The van der Waals surface area contributed by atoms with Gasteiger partial charge in [-0.2, -0.15) is 18.3 Å². The molecular formula is C18H24F3N6O2+. The number of alkyl halides is 3. The number of anilines is 1. The maximum Gasteiger partial charge on any atom is 0.416 e. The summed E-state index contributed by atoms with van der Waals surface area (Å²) < 4.78 is 40.5. The molecule has 1 unspecified atom stereocenters. The summed E-state index contributed by atoms with van der Waals surface area (Å²) in [4.78, 5) is 28.7. The fraction of sp³-hybridized carbons (Fsp3) is 0.444. The average molecular weight is 413 g/mol. The van der Waals surface area contributed by atoms with E-state index in [0.29, 0.717) is 4.90 Å². The predicted octanol–water partition coefficient (Wildman–Crippen LogP) is 0.654. The second-order valence-electron chi connectivity index (χ2n) is 7.73. The largest absolute Gasteiger partial charge is 0.416 e. The average Bonchev–Trinajstić information content (AvgIpc) is 3.05. The smallest absolute Gasteiger partial charge is 0.347 e. The van der Waals surface area contributed by atoms with Crippen molar-refractivity contribution in [3.63, 3.8) is 0 Å². The van der Waals surface area contributed by atoms with Gasteiger partial charge in [0.25, 0.3) is 11.8 Å². The van der Waals surface area contributed by atoms with E-state index in [-0.39, 0.29) is 30.4 Å². The number of benzene rings is 1. The van der Waals surface area contributed by atoms with Gasteiger partial charge in [0, 0.05) is 5.54 Å². The third-order valence-corrected chi connectivity index (χ3v) is 3.70. The minimum Gasteiger partial charge on any atom is -0.347 e. The zero-order chi connectivity index (χ0) is 21.8. The van der Waals surface area contributed by atoms with Crippen molar-refractivity contribution in [2.75, 3.05) is 25.5 Å². The second kappa shape index (κ2) is 8.60. The molecule has 0 radical (unpaired) electrons. The number of quaternary nitrogens is 1. The third kappa shape index (κ3) is 6.86. The van der Waals surface area contributed by atoms with Gasteiger partial charge < -0.3 is 15.5 Å². The molecule has 3 N–H and O–H groups in total. The van der Waals surface area contributed by atoms with Crippen LogP contribution in [0.3, 0.4) is 0 Å². The quantitative estimate of drug-likeness (QED) is 0.649. The molecule has 0 aliphatic heterocycles. The first-order valence-corrected chi connectivity index (χ1v) is 8.83. The lowest BCUT2D eigenvalue weighted by Gasteiger charge is -2.22. The van der Waals surface area contributed by atoms with Crippen molar-refractivity contribution in [2.45, 2.75) is 32.5 Å². The molecule has 1 atom stereocenters. The maximum atomic E-state index is 13.1. The van der Waals surface area contributed by atoms with Crippen LogP contribution in [0.2, 0.25) is 0 Å². The first kappa shape index (κ1) is 22.3. The Kier molecular flexibility index (Phi) is 6.62. The molecule has 1 aromatic carbocycles. The van der Waals surface area contributed by atoms with E-state index >= 15 is 0 Å². The molecule has 2 rings (SSSR count). The highest BCUT2D eigenvalue weighted by Crippen LogP contribution is 2.33. The molecule has 2 aromatic rings. The highest BCUT2D eigenvalue weighted by Gasteiger charge is 2.31. The molecule has 1 aromatic heterocycles. The van der Waals surface area contributed by atoms with Crippen molar-refractivity contribution in [3.05, 3.63) is 36.4 Å². The normalized spacial score (nSPS) is 13.1. The number of hydrogen-bond acceptors (Lipinski definition) is 4. The van der Waals surface area contributed by atoms with Gasteiger partial charge in [-0.25, -0.2) is 9.67 Å². The Morgan fingerprint density at radius 1 is 1.14 bits per heavy atom. The van der Waals surface area contributed by atoms with Gasteiger partial charge in [0.1, 0.15) is 12.7 Å². The van der Waals surface area contributed by atoms with E-state index in [4.69, 9.17) is 0 Å². The molecule has 0 saturated carbocycles. The molecule has 0 aliphatic rings. The number of carbonyl (C=O) groups excluding carboxylic acids is 2. The number of hydrogen-bond donors (Lipinski definition) is 3. The van der Waals surface area contributed by atoms with Gasteiger partial charge in [-0.15, -0.1) is 0 Å². The van der Waals surface area contributed by atoms with Crippen molar-refractivity contribution in [1.82, 2.24) is 20.1 Å². The molecule has 8 nitrogen and oxygen atoms in total. The van der Waals surface area contributed by atoms with Crippen LogP contribution in [0.25, 0.3) is 5.69 Å². The van der Waals surface area contributed by atoms with Gasteiger partial charge in [-0.05, 0) is 39.0 Å². The first-order chi connectivity index (χ1) is 13.3. The van der Waals surface area contributed by atoms with Crippen molar-refractivity contribution in [1.29, 1.82) is 0 Å². The van der Waals surface area contributed by atoms with E-state index < -0.39 is 23.2 Å². The van der Waals surface area contributed by atoms with Crippen LogP contribution in [-0.4, -0.2) is 52.3 Å². The van der Waals surface area contributed by atoms with E-state index in [1.54, 1.807) is 7.05 Å². The van der Waals surface area contributed by atoms with E-state index in [2.05, 4.69) is 20.7 Å². The van der Waals surface area contributed by atoms with Gasteiger partial charge >= 0.3 is 6.18 Å². The molecule has 0 bridgehead atoms. The maximum absolute atomic E-state index is 13.1. The Balaban J connectivity index is 2.13. The van der Waals surface area contributed by atoms with Gasteiger partial charge in [-0.3, -0.25) is 9.59 Å². The van der Waals surface area contributed by atoms with Crippen LogP contribution in [0.4, 0.5) is 18.9 Å². The van der Waals surface area contributed by atoms with E-state index in [1.165, 1.54) is 23.4 Å². The third-order valence-electron chi connectivity index (χ3n) is 3.70. The van der Waals surface area contributed by atoms with E-state index in [1.807, 2.05) is 20.8 Å². The monoisotopic (exact) mass is 413 g/mol. The summed E-state index contributed by atoms with van der Waals surface area (Å²) in [6.07, 6.45) is -2.02. The van der Waals surface area contributed by atoms with Crippen molar-refractivity contribution in [3.8, 4) is 5.69 Å². The summed E-state index contributed by atoms with van der Waals surface area (Å²) in [7, 11) is 1.65. The standard InChI is InChI=1S/C18H23F3N6O2/c1-17(2,3)25-16(29)9-26(4)8-15(28)24-13-7-12(18(19,20)21)5-6-14(13)27-11-22-10-23-27/h5-7,10-11H,8-9H2,1-4H3,(H,24,28)(H,25,29)/p+1. The van der Waals surface area contributed by atoms with Crippen LogP contribution in [0.1, 0.15) is 26.3 Å². The highest BCUT2D eigenvalue weighted by atomic mass is 19.4. The molecular weight excluding hydrogens is 389 g/mol. The molecule has 1 heterocycles. The van der Waals surface area contributed by atoms with Crippen molar-refractivity contribution >= 4 is 17.5 Å². The van der Waals surface area contributed by atoms with Gasteiger partial charge in [0.2, 0.25) is 0 Å². The van der Waals surface area contributed by atoms with Crippen LogP contribution in [-0.2, 0) is 15.8 Å². The number of rotatable bonds is 6. The molecule has 2 amide bonds. The Morgan fingerprint density at radius 3 is 2.34 bits per heavy atom. The number of likely N-dealkylation sites (N-methyl/N-ethyl adjacent to an activating group) is 1. The highest BCUT2D eigenvalue weighted by molar-refractivity contribution is 5.93. The Hall–Kier alpha value is -2.95. The number of carbonyl (C=O) groups is 2. The molecule has 0 spiro atoms. The fourth-order valence-corrected chi connectivity index (χ4v) is 2.61. The number of amides is 2. The van der Waals surface area contributed by atoms with Crippen LogP contribution in [0.15, 0.2) is 30.9 Å². The molecule has 11 heteroatoms.